The van der Waals surface area contributed by atoms with Crippen molar-refractivity contribution in [2.75, 3.05) is 5.32 Å². The van der Waals surface area contributed by atoms with Gasteiger partial charge in [-0.25, -0.2) is 0 Å². The summed E-state index contributed by atoms with van der Waals surface area (Å²) < 4.78 is 0. The van der Waals surface area contributed by atoms with E-state index in [-0.39, 0.29) is 5.91 Å². The van der Waals surface area contributed by atoms with E-state index in [0.29, 0.717) is 0 Å². The van der Waals surface area contributed by atoms with E-state index in [1.54, 1.807) is 0 Å². The number of amides is 1. The third-order valence-electron chi connectivity index (χ3n) is 2.08. The summed E-state index contributed by atoms with van der Waals surface area (Å²) in [6.07, 6.45) is 0. The lowest BCUT2D eigenvalue weighted by molar-refractivity contribution is -0.116. The Hall–Kier alpha value is -1.35. The van der Waals surface area contributed by atoms with Crippen LogP contribution >= 0.6 is 0 Å². The van der Waals surface area contributed by atoms with Crippen molar-refractivity contribution < 1.29 is 4.79 Å². The van der Waals surface area contributed by atoms with Crippen LogP contribution in [0.25, 0.3) is 0 Å². The van der Waals surface area contributed by atoms with Gasteiger partial charge >= 0.3 is 0 Å². The van der Waals surface area contributed by atoms with E-state index in [1.165, 1.54) is 0 Å². The lowest BCUT2D eigenvalue weighted by Gasteiger charge is -2.00. The quantitative estimate of drug-likeness (QED) is 0.596. The minimum atomic E-state index is -0.486. The van der Waals surface area contributed by atoms with Gasteiger partial charge in [-0.3, -0.25) is 4.79 Å². The lowest BCUT2D eigenvalue weighted by Crippen LogP contribution is -2.19. The molecule has 0 radical (unpaired) electrons. The van der Waals surface area contributed by atoms with Gasteiger partial charge < -0.3 is 11.1 Å². The molecule has 0 fully saturated rings. The Kier molecular flexibility index (Phi) is 1.41. The molecule has 1 aliphatic heterocycles. The Morgan fingerprint density at radius 3 is 3.00 bits per heavy atom. The summed E-state index contributed by atoms with van der Waals surface area (Å²) in [5.41, 5.74) is 8.50. The van der Waals surface area contributed by atoms with Crippen molar-refractivity contribution in [2.24, 2.45) is 5.73 Å². The molecule has 1 amide bonds. The van der Waals surface area contributed by atoms with Crippen molar-refractivity contribution in [3.63, 3.8) is 0 Å². The highest BCUT2D eigenvalue weighted by Gasteiger charge is 2.26. The number of hydrogen-bond acceptors (Lipinski definition) is 2. The average Bonchev–Trinajstić information content (AvgIpc) is 2.28. The van der Waals surface area contributed by atoms with Crippen LogP contribution in [0.5, 0.6) is 0 Å². The standard InChI is InChI=1S/C9H10N2O/c1-5-2-3-6-7(4-5)11-9(12)8(6)10/h2-4,8H,10H2,1H3,(H,11,12)/t8-/m0/s1. The Balaban J connectivity index is 2.54. The molecule has 0 spiro atoms. The SMILES string of the molecule is Cc1ccc2c(c1)NC(=O)[C@H]2N. The van der Waals surface area contributed by atoms with Gasteiger partial charge in [-0.2, -0.15) is 0 Å². The molecular formula is C9H10N2O. The van der Waals surface area contributed by atoms with Crippen molar-refractivity contribution >= 4 is 11.6 Å². The van der Waals surface area contributed by atoms with Gasteiger partial charge in [0.1, 0.15) is 6.04 Å². The van der Waals surface area contributed by atoms with Gasteiger partial charge in [-0.05, 0) is 18.6 Å². The topological polar surface area (TPSA) is 55.1 Å². The van der Waals surface area contributed by atoms with E-state index in [4.69, 9.17) is 5.73 Å². The molecule has 0 bridgehead atoms. The van der Waals surface area contributed by atoms with Gasteiger partial charge in [0, 0.05) is 11.3 Å². The van der Waals surface area contributed by atoms with E-state index in [1.807, 2.05) is 25.1 Å². The maximum absolute atomic E-state index is 11.1. The van der Waals surface area contributed by atoms with Gasteiger partial charge in [0.25, 0.3) is 0 Å². The van der Waals surface area contributed by atoms with Crippen molar-refractivity contribution in [1.29, 1.82) is 0 Å². The largest absolute Gasteiger partial charge is 0.324 e. The van der Waals surface area contributed by atoms with Crippen LogP contribution < -0.4 is 11.1 Å². The monoisotopic (exact) mass is 162 g/mol. The molecule has 3 heteroatoms. The molecule has 62 valence electrons. The predicted octanol–water partition coefficient (Wildman–Crippen LogP) is 0.947. The first-order valence-electron chi connectivity index (χ1n) is 3.85. The first-order valence-corrected chi connectivity index (χ1v) is 3.85. The van der Waals surface area contributed by atoms with Gasteiger partial charge in [-0.15, -0.1) is 0 Å². The summed E-state index contributed by atoms with van der Waals surface area (Å²) in [5.74, 6) is -0.115. The highest BCUT2D eigenvalue weighted by Crippen LogP contribution is 2.29. The molecule has 3 nitrogen and oxygen atoms in total. The number of carbonyl (C=O) groups excluding carboxylic acids is 1. The maximum atomic E-state index is 11.1. The molecule has 12 heavy (non-hydrogen) atoms. The summed E-state index contributed by atoms with van der Waals surface area (Å²) in [5, 5.41) is 2.72. The van der Waals surface area contributed by atoms with E-state index >= 15 is 0 Å². The molecule has 0 unspecified atom stereocenters. The minimum absolute atomic E-state index is 0.115. The second kappa shape index (κ2) is 2.32. The molecule has 1 heterocycles. The number of rotatable bonds is 0. The number of nitrogens with two attached hydrogens (primary N) is 1. The number of fused-ring (bicyclic) bond motifs is 1. The fraction of sp³-hybridized carbons (Fsp3) is 0.222. The summed E-state index contributed by atoms with van der Waals surface area (Å²) >= 11 is 0. The normalized spacial score (nSPS) is 20.5. The van der Waals surface area contributed by atoms with Crippen molar-refractivity contribution in [1.82, 2.24) is 0 Å². The molecule has 0 saturated carbocycles. The number of benzene rings is 1. The average molecular weight is 162 g/mol. The van der Waals surface area contributed by atoms with Gasteiger partial charge in [0.2, 0.25) is 5.91 Å². The van der Waals surface area contributed by atoms with Crippen LogP contribution in [0.4, 0.5) is 5.69 Å². The molecule has 0 aromatic heterocycles. The van der Waals surface area contributed by atoms with Gasteiger partial charge in [0.15, 0.2) is 0 Å². The second-order valence-corrected chi connectivity index (χ2v) is 3.06. The summed E-state index contributed by atoms with van der Waals surface area (Å²) in [7, 11) is 0. The van der Waals surface area contributed by atoms with Crippen LogP contribution in [-0.2, 0) is 4.79 Å². The zero-order valence-electron chi connectivity index (χ0n) is 6.79. The first-order chi connectivity index (χ1) is 5.68. The third-order valence-corrected chi connectivity index (χ3v) is 2.08. The molecule has 0 saturated heterocycles. The number of carbonyl (C=O) groups is 1. The highest BCUT2D eigenvalue weighted by molar-refractivity contribution is 6.02. The van der Waals surface area contributed by atoms with Crippen molar-refractivity contribution in [2.45, 2.75) is 13.0 Å². The van der Waals surface area contributed by atoms with E-state index in [0.717, 1.165) is 16.8 Å². The molecule has 1 aromatic carbocycles. The molecule has 1 aliphatic rings. The van der Waals surface area contributed by atoms with Crippen molar-refractivity contribution in [3.05, 3.63) is 29.3 Å². The van der Waals surface area contributed by atoms with E-state index < -0.39 is 6.04 Å². The fourth-order valence-corrected chi connectivity index (χ4v) is 1.40. The molecule has 2 rings (SSSR count). The van der Waals surface area contributed by atoms with Crippen LogP contribution in [-0.4, -0.2) is 5.91 Å². The summed E-state index contributed by atoms with van der Waals surface area (Å²) in [6.45, 7) is 1.98. The first kappa shape index (κ1) is 7.31. The van der Waals surface area contributed by atoms with Crippen LogP contribution in [0.15, 0.2) is 18.2 Å². The molecule has 3 N–H and O–H groups in total. The van der Waals surface area contributed by atoms with Crippen molar-refractivity contribution in [3.8, 4) is 0 Å². The van der Waals surface area contributed by atoms with Crippen LogP contribution in [0.2, 0.25) is 0 Å². The highest BCUT2D eigenvalue weighted by atomic mass is 16.2. The molecule has 1 aromatic rings. The fourth-order valence-electron chi connectivity index (χ4n) is 1.40. The maximum Gasteiger partial charge on any atom is 0.245 e. The summed E-state index contributed by atoms with van der Waals surface area (Å²) in [4.78, 5) is 11.1. The van der Waals surface area contributed by atoms with Crippen LogP contribution in [0.1, 0.15) is 17.2 Å². The van der Waals surface area contributed by atoms with Gasteiger partial charge in [-0.1, -0.05) is 12.1 Å². The molecule has 0 aliphatic carbocycles. The number of hydrogen-bond donors (Lipinski definition) is 2. The lowest BCUT2D eigenvalue weighted by atomic mass is 10.1. The Bertz CT molecular complexity index is 346. The second-order valence-electron chi connectivity index (χ2n) is 3.06. The van der Waals surface area contributed by atoms with Crippen LogP contribution in [0.3, 0.4) is 0 Å². The van der Waals surface area contributed by atoms with Gasteiger partial charge in [0.05, 0.1) is 0 Å². The molecular weight excluding hydrogens is 152 g/mol. The Morgan fingerprint density at radius 1 is 1.50 bits per heavy atom. The number of aryl methyl sites for hydroxylation is 1. The zero-order valence-corrected chi connectivity index (χ0v) is 6.79. The Morgan fingerprint density at radius 2 is 2.25 bits per heavy atom. The minimum Gasteiger partial charge on any atom is -0.324 e. The predicted molar refractivity (Wildman–Crippen MR) is 46.7 cm³/mol. The zero-order chi connectivity index (χ0) is 8.72. The third kappa shape index (κ3) is 0.905. The van der Waals surface area contributed by atoms with E-state index in [9.17, 15) is 4.79 Å². The molecule has 1 atom stereocenters. The Labute approximate surface area is 70.6 Å². The number of anilines is 1. The van der Waals surface area contributed by atoms with Crippen LogP contribution in [0, 0.1) is 6.92 Å². The smallest absolute Gasteiger partial charge is 0.245 e. The number of nitrogens with one attached hydrogen (secondary N) is 1. The van der Waals surface area contributed by atoms with E-state index in [2.05, 4.69) is 5.32 Å². The summed E-state index contributed by atoms with van der Waals surface area (Å²) in [6, 6.07) is 5.30.